The molecule has 0 saturated carbocycles. The van der Waals surface area contributed by atoms with Gasteiger partial charge in [-0.05, 0) is 67.4 Å². The summed E-state index contributed by atoms with van der Waals surface area (Å²) in [5, 5.41) is 5.66. The topological polar surface area (TPSA) is 77.6 Å². The molecule has 1 fully saturated rings. The van der Waals surface area contributed by atoms with Crippen LogP contribution in [0.25, 0.3) is 0 Å². The van der Waals surface area contributed by atoms with Crippen LogP contribution in [0.4, 0.5) is 26.4 Å². The number of hydrogen-bond donors (Lipinski definition) is 2. The molecule has 0 aliphatic carbocycles. The van der Waals surface area contributed by atoms with Crippen LogP contribution in [0, 0.1) is 19.7 Å². The molecule has 0 atom stereocenters. The van der Waals surface area contributed by atoms with Crippen molar-refractivity contribution in [2.75, 3.05) is 41.7 Å². The fraction of sp³-hybridized carbons (Fsp3) is 0.240. The zero-order valence-electron chi connectivity index (χ0n) is 18.6. The molecule has 3 aromatic rings. The van der Waals surface area contributed by atoms with Gasteiger partial charge in [-0.15, -0.1) is 0 Å². The van der Waals surface area contributed by atoms with Gasteiger partial charge in [0.05, 0.1) is 11.9 Å². The lowest BCUT2D eigenvalue weighted by atomic mass is 10.1. The summed E-state index contributed by atoms with van der Waals surface area (Å²) < 4.78 is 13.1. The molecule has 3 amide bonds. The molecule has 4 rings (SSSR count). The number of carbonyl (C=O) groups excluding carboxylic acids is 2. The van der Waals surface area contributed by atoms with E-state index in [4.69, 9.17) is 0 Å². The number of pyridine rings is 1. The number of anilines is 3. The highest BCUT2D eigenvalue weighted by Crippen LogP contribution is 2.19. The normalized spacial score (nSPS) is 13.5. The van der Waals surface area contributed by atoms with Crippen LogP contribution < -0.4 is 15.5 Å². The van der Waals surface area contributed by atoms with Gasteiger partial charge in [0, 0.05) is 37.4 Å². The predicted octanol–water partition coefficient (Wildman–Crippen LogP) is 4.44. The molecule has 0 bridgehead atoms. The number of aryl methyl sites for hydroxylation is 2. The summed E-state index contributed by atoms with van der Waals surface area (Å²) in [5.41, 5.74) is 3.90. The summed E-state index contributed by atoms with van der Waals surface area (Å²) >= 11 is 0. The molecule has 2 N–H and O–H groups in total. The molecule has 1 aliphatic rings. The highest BCUT2D eigenvalue weighted by molar-refractivity contribution is 6.00. The third-order valence-electron chi connectivity index (χ3n) is 5.63. The van der Waals surface area contributed by atoms with Crippen molar-refractivity contribution >= 4 is 29.1 Å². The number of nitrogens with one attached hydrogen (secondary N) is 2. The smallest absolute Gasteiger partial charge is 0.323 e. The van der Waals surface area contributed by atoms with Gasteiger partial charge in [0.15, 0.2) is 0 Å². The molecule has 170 valence electrons. The first-order valence-electron chi connectivity index (χ1n) is 10.8. The number of hydrogen-bond acceptors (Lipinski definition) is 4. The maximum Gasteiger partial charge on any atom is 0.323 e. The van der Waals surface area contributed by atoms with Crippen molar-refractivity contribution in [3.63, 3.8) is 0 Å². The fourth-order valence-corrected chi connectivity index (χ4v) is 3.72. The zero-order chi connectivity index (χ0) is 23.4. The third-order valence-corrected chi connectivity index (χ3v) is 5.63. The summed E-state index contributed by atoms with van der Waals surface area (Å²) in [4.78, 5) is 33.3. The van der Waals surface area contributed by atoms with Gasteiger partial charge in [-0.2, -0.15) is 0 Å². The van der Waals surface area contributed by atoms with E-state index in [1.165, 1.54) is 24.3 Å². The molecular weight excluding hydrogens is 421 g/mol. The molecule has 1 aromatic heterocycles. The maximum absolute atomic E-state index is 13.1. The van der Waals surface area contributed by atoms with Gasteiger partial charge in [-0.1, -0.05) is 12.1 Å². The van der Waals surface area contributed by atoms with E-state index < -0.39 is 0 Å². The van der Waals surface area contributed by atoms with Crippen LogP contribution in [-0.4, -0.2) is 48.0 Å². The van der Waals surface area contributed by atoms with Crippen molar-refractivity contribution in [1.29, 1.82) is 0 Å². The van der Waals surface area contributed by atoms with Gasteiger partial charge in [0.25, 0.3) is 5.91 Å². The number of benzene rings is 2. The first-order valence-corrected chi connectivity index (χ1v) is 10.8. The van der Waals surface area contributed by atoms with E-state index >= 15 is 0 Å². The molecule has 0 spiro atoms. The number of urea groups is 1. The van der Waals surface area contributed by atoms with E-state index in [9.17, 15) is 14.0 Å². The summed E-state index contributed by atoms with van der Waals surface area (Å²) in [6.45, 7) is 6.30. The van der Waals surface area contributed by atoms with Crippen LogP contribution in [-0.2, 0) is 0 Å². The largest absolute Gasteiger partial charge is 0.353 e. The number of piperazine rings is 1. The van der Waals surface area contributed by atoms with Gasteiger partial charge in [-0.25, -0.2) is 14.2 Å². The van der Waals surface area contributed by atoms with Crippen molar-refractivity contribution in [2.45, 2.75) is 13.8 Å². The molecule has 0 radical (unpaired) electrons. The van der Waals surface area contributed by atoms with Crippen LogP contribution in [0.1, 0.15) is 21.5 Å². The Morgan fingerprint density at radius 1 is 0.909 bits per heavy atom. The van der Waals surface area contributed by atoms with E-state index in [0.29, 0.717) is 37.4 Å². The molecular formula is C25H26FN5O2. The number of amides is 3. The Hall–Kier alpha value is -3.94. The van der Waals surface area contributed by atoms with Gasteiger partial charge in [0.2, 0.25) is 0 Å². The minimum Gasteiger partial charge on any atom is -0.353 e. The number of aromatic nitrogens is 1. The van der Waals surface area contributed by atoms with Crippen LogP contribution in [0.3, 0.4) is 0 Å². The van der Waals surface area contributed by atoms with Crippen LogP contribution >= 0.6 is 0 Å². The molecule has 1 aliphatic heterocycles. The Labute approximate surface area is 192 Å². The standard InChI is InChI=1S/C25H26FN5O2/c1-17-3-4-18(2)22(15-17)29-25(33)28-21-9-10-23(27-16-21)30-11-13-31(14-12-30)24(32)19-5-7-20(26)8-6-19/h3-10,15-16H,11-14H2,1-2H3,(H2,28,29,33). The van der Waals surface area contributed by atoms with E-state index in [1.807, 2.05) is 38.1 Å². The second-order valence-electron chi connectivity index (χ2n) is 8.09. The first kappa shape index (κ1) is 22.3. The van der Waals surface area contributed by atoms with E-state index in [1.54, 1.807) is 17.2 Å². The number of nitrogens with zero attached hydrogens (tertiary/aromatic N) is 3. The van der Waals surface area contributed by atoms with Gasteiger partial charge >= 0.3 is 6.03 Å². The Bertz CT molecular complexity index is 1140. The maximum atomic E-state index is 13.1. The minimum atomic E-state index is -0.358. The summed E-state index contributed by atoms with van der Waals surface area (Å²) in [6.07, 6.45) is 1.62. The van der Waals surface area contributed by atoms with Crippen LogP contribution in [0.2, 0.25) is 0 Å². The van der Waals surface area contributed by atoms with E-state index in [0.717, 1.165) is 22.6 Å². The van der Waals surface area contributed by atoms with Crippen molar-refractivity contribution in [1.82, 2.24) is 9.88 Å². The summed E-state index contributed by atoms with van der Waals surface area (Å²) in [7, 11) is 0. The van der Waals surface area contributed by atoms with Crippen molar-refractivity contribution in [3.8, 4) is 0 Å². The number of halogens is 1. The summed E-state index contributed by atoms with van der Waals surface area (Å²) in [5.74, 6) is 0.324. The van der Waals surface area contributed by atoms with Crippen molar-refractivity contribution in [2.24, 2.45) is 0 Å². The molecule has 33 heavy (non-hydrogen) atoms. The number of rotatable bonds is 4. The molecule has 2 aromatic carbocycles. The molecule has 2 heterocycles. The third kappa shape index (κ3) is 5.46. The lowest BCUT2D eigenvalue weighted by molar-refractivity contribution is 0.0746. The quantitative estimate of drug-likeness (QED) is 0.620. The Morgan fingerprint density at radius 3 is 2.30 bits per heavy atom. The Morgan fingerprint density at radius 2 is 1.64 bits per heavy atom. The Balaban J connectivity index is 1.30. The molecule has 0 unspecified atom stereocenters. The lowest BCUT2D eigenvalue weighted by Gasteiger charge is -2.35. The van der Waals surface area contributed by atoms with Gasteiger partial charge in [-0.3, -0.25) is 4.79 Å². The van der Waals surface area contributed by atoms with E-state index in [2.05, 4.69) is 20.5 Å². The summed E-state index contributed by atoms with van der Waals surface area (Å²) in [6, 6.07) is 14.8. The van der Waals surface area contributed by atoms with Crippen LogP contribution in [0.15, 0.2) is 60.8 Å². The first-order chi connectivity index (χ1) is 15.9. The second kappa shape index (κ2) is 9.68. The van der Waals surface area contributed by atoms with Gasteiger partial charge in [0.1, 0.15) is 11.6 Å². The highest BCUT2D eigenvalue weighted by Gasteiger charge is 2.23. The molecule has 1 saturated heterocycles. The average molecular weight is 448 g/mol. The zero-order valence-corrected chi connectivity index (χ0v) is 18.6. The van der Waals surface area contributed by atoms with Crippen LogP contribution in [0.5, 0.6) is 0 Å². The number of carbonyl (C=O) groups is 2. The SMILES string of the molecule is Cc1ccc(C)c(NC(=O)Nc2ccc(N3CCN(C(=O)c4ccc(F)cc4)CC3)nc2)c1. The average Bonchev–Trinajstić information content (AvgIpc) is 2.82. The molecule has 8 heteroatoms. The van der Waals surface area contributed by atoms with E-state index in [-0.39, 0.29) is 17.8 Å². The fourth-order valence-electron chi connectivity index (χ4n) is 3.72. The molecule has 7 nitrogen and oxygen atoms in total. The van der Waals surface area contributed by atoms with Crippen molar-refractivity contribution < 1.29 is 14.0 Å². The lowest BCUT2D eigenvalue weighted by Crippen LogP contribution is -2.49. The second-order valence-corrected chi connectivity index (χ2v) is 8.09. The van der Waals surface area contributed by atoms with Crippen molar-refractivity contribution in [3.05, 3.63) is 83.3 Å². The monoisotopic (exact) mass is 447 g/mol. The predicted molar refractivity (Wildman–Crippen MR) is 127 cm³/mol. The minimum absolute atomic E-state index is 0.1000. The Kier molecular flexibility index (Phi) is 6.53. The van der Waals surface area contributed by atoms with Gasteiger partial charge < -0.3 is 20.4 Å². The highest BCUT2D eigenvalue weighted by atomic mass is 19.1.